The van der Waals surface area contributed by atoms with Crippen LogP contribution in [0.15, 0.2) is 42.0 Å². The van der Waals surface area contributed by atoms with E-state index in [9.17, 15) is 0 Å². The van der Waals surface area contributed by atoms with Gasteiger partial charge in [0.25, 0.3) is 0 Å². The maximum Gasteiger partial charge on any atom is 0.142 e. The molecule has 3 aromatic rings. The van der Waals surface area contributed by atoms with Crippen molar-refractivity contribution >= 4 is 38.7 Å². The normalized spacial score (nSPS) is 18.3. The summed E-state index contributed by atoms with van der Waals surface area (Å²) in [6.45, 7) is 4.72. The molecule has 4 rings (SSSR count). The summed E-state index contributed by atoms with van der Waals surface area (Å²) < 4.78 is 5.50. The highest BCUT2D eigenvalue weighted by atomic mass is 32.1. The summed E-state index contributed by atoms with van der Waals surface area (Å²) in [5, 5.41) is 6.48. The van der Waals surface area contributed by atoms with Gasteiger partial charge in [-0.05, 0) is 42.6 Å². The van der Waals surface area contributed by atoms with Crippen LogP contribution in [-0.4, -0.2) is 35.8 Å². The molecule has 1 aromatic carbocycles. The quantitative estimate of drug-likeness (QED) is 0.796. The topological polar surface area (TPSA) is 50.3 Å². The molecule has 0 spiro atoms. The number of nitrogens with one attached hydrogen (secondary N) is 1. The molecule has 0 amide bonds. The van der Waals surface area contributed by atoms with Crippen molar-refractivity contribution in [3.05, 3.63) is 42.0 Å². The molecule has 1 unspecified atom stereocenters. The van der Waals surface area contributed by atoms with Crippen molar-refractivity contribution in [2.75, 3.05) is 30.0 Å². The third-order valence-corrected chi connectivity index (χ3v) is 4.91. The highest BCUT2D eigenvalue weighted by molar-refractivity contribution is 7.16. The predicted octanol–water partition coefficient (Wildman–Crippen LogP) is 3.66. The minimum atomic E-state index is 0.412. The van der Waals surface area contributed by atoms with Crippen molar-refractivity contribution in [3.63, 3.8) is 0 Å². The molecular weight excluding hydrogens is 308 g/mol. The molecule has 2 aromatic heterocycles. The van der Waals surface area contributed by atoms with Crippen molar-refractivity contribution in [1.82, 2.24) is 9.97 Å². The fourth-order valence-electron chi connectivity index (χ4n) is 2.87. The zero-order chi connectivity index (χ0) is 15.6. The molecule has 0 bridgehead atoms. The Hall–Kier alpha value is -2.18. The zero-order valence-corrected chi connectivity index (χ0v) is 13.7. The van der Waals surface area contributed by atoms with Gasteiger partial charge in [0, 0.05) is 24.0 Å². The first-order chi connectivity index (χ1) is 11.3. The summed E-state index contributed by atoms with van der Waals surface area (Å²) in [5.74, 6) is 0.851. The lowest BCUT2D eigenvalue weighted by Gasteiger charge is -2.35. The monoisotopic (exact) mass is 326 g/mol. The number of thiophene rings is 1. The van der Waals surface area contributed by atoms with E-state index in [1.807, 2.05) is 11.4 Å². The minimum Gasteiger partial charge on any atom is -0.377 e. The van der Waals surface area contributed by atoms with Gasteiger partial charge >= 0.3 is 0 Å². The van der Waals surface area contributed by atoms with Gasteiger partial charge in [0.1, 0.15) is 17.0 Å². The number of benzene rings is 1. The lowest BCUT2D eigenvalue weighted by Crippen LogP contribution is -2.43. The second-order valence-electron chi connectivity index (χ2n) is 5.65. The summed E-state index contributed by atoms with van der Waals surface area (Å²) in [6.07, 6.45) is 1.60. The van der Waals surface area contributed by atoms with Gasteiger partial charge in [-0.25, -0.2) is 9.97 Å². The Bertz CT molecular complexity index is 802. The number of hydrogen-bond donors (Lipinski definition) is 1. The first-order valence-corrected chi connectivity index (χ1v) is 8.59. The van der Waals surface area contributed by atoms with Crippen LogP contribution < -0.4 is 10.2 Å². The average molecular weight is 326 g/mol. The van der Waals surface area contributed by atoms with Crippen LogP contribution in [0.3, 0.4) is 0 Å². The van der Waals surface area contributed by atoms with Crippen molar-refractivity contribution in [3.8, 4) is 0 Å². The maximum atomic E-state index is 5.50. The number of ether oxygens (including phenoxy) is 1. The third-order valence-electron chi connectivity index (χ3n) is 4.09. The smallest absolute Gasteiger partial charge is 0.142 e. The second-order valence-corrected chi connectivity index (χ2v) is 6.55. The van der Waals surface area contributed by atoms with Crippen LogP contribution in [-0.2, 0) is 4.74 Å². The van der Waals surface area contributed by atoms with Gasteiger partial charge in [-0.2, -0.15) is 0 Å². The van der Waals surface area contributed by atoms with Crippen molar-refractivity contribution in [1.29, 1.82) is 0 Å². The van der Waals surface area contributed by atoms with Gasteiger partial charge in [0.2, 0.25) is 0 Å². The van der Waals surface area contributed by atoms with E-state index in [4.69, 9.17) is 4.74 Å². The van der Waals surface area contributed by atoms with Crippen LogP contribution >= 0.6 is 11.3 Å². The number of morpholine rings is 1. The molecule has 3 heterocycles. The standard InChI is InChI=1S/C17H18N4OS/c1-12-10-22-8-7-21(12)14-4-2-13(3-5-14)20-16-15-6-9-23-17(15)19-11-18-16/h2-6,9,11-12H,7-8,10H2,1H3,(H,18,19,20). The van der Waals surface area contributed by atoms with Crippen LogP contribution in [0.25, 0.3) is 10.2 Å². The molecule has 0 saturated carbocycles. The van der Waals surface area contributed by atoms with E-state index in [1.54, 1.807) is 17.7 Å². The molecule has 5 nitrogen and oxygen atoms in total. The van der Waals surface area contributed by atoms with Gasteiger partial charge in [-0.15, -0.1) is 11.3 Å². The van der Waals surface area contributed by atoms with E-state index in [2.05, 4.69) is 51.4 Å². The number of hydrogen-bond acceptors (Lipinski definition) is 6. The van der Waals surface area contributed by atoms with Gasteiger partial charge < -0.3 is 15.0 Å². The molecule has 1 atom stereocenters. The SMILES string of the molecule is CC1COCCN1c1ccc(Nc2ncnc3sccc23)cc1. The second kappa shape index (κ2) is 6.14. The Balaban J connectivity index is 1.55. The molecule has 1 aliphatic rings. The summed E-state index contributed by atoms with van der Waals surface area (Å²) in [7, 11) is 0. The molecule has 118 valence electrons. The summed E-state index contributed by atoms with van der Waals surface area (Å²) in [6, 6.07) is 10.9. The predicted molar refractivity (Wildman–Crippen MR) is 94.8 cm³/mol. The Morgan fingerprint density at radius 3 is 2.91 bits per heavy atom. The van der Waals surface area contributed by atoms with E-state index in [0.717, 1.165) is 41.5 Å². The number of anilines is 3. The van der Waals surface area contributed by atoms with Crippen LogP contribution in [0.4, 0.5) is 17.2 Å². The number of rotatable bonds is 3. The van der Waals surface area contributed by atoms with Crippen LogP contribution in [0.5, 0.6) is 0 Å². The van der Waals surface area contributed by atoms with Gasteiger partial charge in [0.15, 0.2) is 0 Å². The Morgan fingerprint density at radius 1 is 1.22 bits per heavy atom. The van der Waals surface area contributed by atoms with Crippen molar-refractivity contribution in [2.24, 2.45) is 0 Å². The van der Waals surface area contributed by atoms with Gasteiger partial charge in [0.05, 0.1) is 18.6 Å². The Morgan fingerprint density at radius 2 is 2.09 bits per heavy atom. The lowest BCUT2D eigenvalue weighted by atomic mass is 10.2. The summed E-state index contributed by atoms with van der Waals surface area (Å²) in [5.41, 5.74) is 2.26. The van der Waals surface area contributed by atoms with Crippen LogP contribution in [0, 0.1) is 0 Å². The van der Waals surface area contributed by atoms with Crippen LogP contribution in [0.2, 0.25) is 0 Å². The molecule has 0 radical (unpaired) electrons. The van der Waals surface area contributed by atoms with Gasteiger partial charge in [-0.1, -0.05) is 0 Å². The number of nitrogens with zero attached hydrogens (tertiary/aromatic N) is 3. The lowest BCUT2D eigenvalue weighted by molar-refractivity contribution is 0.0989. The molecule has 0 aliphatic carbocycles. The van der Waals surface area contributed by atoms with E-state index in [0.29, 0.717) is 6.04 Å². The summed E-state index contributed by atoms with van der Waals surface area (Å²) >= 11 is 1.62. The molecule has 1 N–H and O–H groups in total. The number of aromatic nitrogens is 2. The molecular formula is C17H18N4OS. The van der Waals surface area contributed by atoms with Crippen molar-refractivity contribution < 1.29 is 4.74 Å². The van der Waals surface area contributed by atoms with Crippen LogP contribution in [0.1, 0.15) is 6.92 Å². The average Bonchev–Trinajstić information content (AvgIpc) is 3.06. The van der Waals surface area contributed by atoms with E-state index in [-0.39, 0.29) is 0 Å². The van der Waals surface area contributed by atoms with Gasteiger partial charge in [-0.3, -0.25) is 0 Å². The fraction of sp³-hybridized carbons (Fsp3) is 0.294. The molecule has 1 saturated heterocycles. The largest absolute Gasteiger partial charge is 0.377 e. The Kier molecular flexibility index (Phi) is 3.85. The fourth-order valence-corrected chi connectivity index (χ4v) is 3.61. The molecule has 1 fully saturated rings. The Labute approximate surface area is 138 Å². The van der Waals surface area contributed by atoms with E-state index >= 15 is 0 Å². The third kappa shape index (κ3) is 2.87. The number of fused-ring (bicyclic) bond motifs is 1. The molecule has 6 heteroatoms. The first-order valence-electron chi connectivity index (χ1n) is 7.71. The molecule has 1 aliphatic heterocycles. The van der Waals surface area contributed by atoms with E-state index in [1.165, 1.54) is 5.69 Å². The zero-order valence-electron chi connectivity index (χ0n) is 12.9. The van der Waals surface area contributed by atoms with Crippen molar-refractivity contribution in [2.45, 2.75) is 13.0 Å². The van der Waals surface area contributed by atoms with E-state index < -0.39 is 0 Å². The minimum absolute atomic E-state index is 0.412. The highest BCUT2D eigenvalue weighted by Crippen LogP contribution is 2.28. The first kappa shape index (κ1) is 14.4. The molecule has 23 heavy (non-hydrogen) atoms. The maximum absolute atomic E-state index is 5.50. The highest BCUT2D eigenvalue weighted by Gasteiger charge is 2.18. The summed E-state index contributed by atoms with van der Waals surface area (Å²) in [4.78, 5) is 12.0.